The molecule has 5 nitrogen and oxygen atoms in total. The van der Waals surface area contributed by atoms with E-state index in [0.29, 0.717) is 24.7 Å². The lowest BCUT2D eigenvalue weighted by atomic mass is 9.97. The van der Waals surface area contributed by atoms with Gasteiger partial charge in [-0.15, -0.1) is 0 Å². The summed E-state index contributed by atoms with van der Waals surface area (Å²) in [6.45, 7) is 8.46. The highest BCUT2D eigenvalue weighted by molar-refractivity contribution is 6.45. The molecule has 4 rings (SSSR count). The number of halogens is 2. The number of carbonyl (C=O) groups is 2. The fourth-order valence-electron chi connectivity index (χ4n) is 4.39. The second-order valence-electron chi connectivity index (χ2n) is 8.25. The van der Waals surface area contributed by atoms with Crippen LogP contribution in [0.5, 0.6) is 0 Å². The Balaban J connectivity index is 1.89. The Labute approximate surface area is 179 Å². The van der Waals surface area contributed by atoms with Crippen molar-refractivity contribution in [1.29, 1.82) is 0 Å². The number of benzene rings is 2. The number of rotatable bonds is 3. The number of aryl methyl sites for hydroxylation is 2. The molecule has 0 aliphatic carbocycles. The summed E-state index contributed by atoms with van der Waals surface area (Å²) in [6.07, 6.45) is -0.285. The molecule has 0 bridgehead atoms. The third-order valence-electron chi connectivity index (χ3n) is 5.60. The van der Waals surface area contributed by atoms with Gasteiger partial charge in [-0.2, -0.15) is 0 Å². The summed E-state index contributed by atoms with van der Waals surface area (Å²) in [5, 5.41) is 0. The van der Waals surface area contributed by atoms with Crippen LogP contribution >= 0.6 is 0 Å². The maximum atomic E-state index is 14.6. The van der Waals surface area contributed by atoms with Gasteiger partial charge in [0, 0.05) is 19.2 Å². The lowest BCUT2D eigenvalue weighted by Gasteiger charge is -2.37. The van der Waals surface area contributed by atoms with Gasteiger partial charge in [-0.1, -0.05) is 23.8 Å². The highest BCUT2D eigenvalue weighted by atomic mass is 19.1. The quantitative estimate of drug-likeness (QED) is 0.697. The zero-order valence-electron chi connectivity index (χ0n) is 17.9. The number of amides is 2. The topological polar surface area (TPSA) is 49.9 Å². The fraction of sp³-hybridized carbons (Fsp3) is 0.333. The lowest BCUT2D eigenvalue weighted by Crippen LogP contribution is -2.47. The van der Waals surface area contributed by atoms with Crippen LogP contribution in [0.15, 0.2) is 42.1 Å². The average molecular weight is 426 g/mol. The van der Waals surface area contributed by atoms with Crippen molar-refractivity contribution in [3.8, 4) is 0 Å². The van der Waals surface area contributed by atoms with Crippen LogP contribution in [-0.2, 0) is 14.3 Å². The summed E-state index contributed by atoms with van der Waals surface area (Å²) in [5.74, 6) is -2.98. The van der Waals surface area contributed by atoms with Crippen LogP contribution in [0.25, 0.3) is 5.57 Å². The van der Waals surface area contributed by atoms with Gasteiger partial charge in [0.05, 0.1) is 23.5 Å². The first-order valence-electron chi connectivity index (χ1n) is 10.2. The number of hydrogen-bond acceptors (Lipinski definition) is 4. The number of morpholine rings is 1. The molecule has 2 unspecified atom stereocenters. The zero-order valence-corrected chi connectivity index (χ0v) is 17.9. The van der Waals surface area contributed by atoms with Crippen LogP contribution in [0.1, 0.15) is 30.5 Å². The molecule has 0 spiro atoms. The Kier molecular flexibility index (Phi) is 5.39. The van der Waals surface area contributed by atoms with Gasteiger partial charge in [-0.05, 0) is 51.0 Å². The van der Waals surface area contributed by atoms with E-state index in [4.69, 9.17) is 4.74 Å². The van der Waals surface area contributed by atoms with Crippen molar-refractivity contribution < 1.29 is 23.1 Å². The molecule has 31 heavy (non-hydrogen) atoms. The molecule has 2 aliphatic heterocycles. The number of hydrogen-bond donors (Lipinski definition) is 0. The van der Waals surface area contributed by atoms with E-state index >= 15 is 0 Å². The van der Waals surface area contributed by atoms with Crippen LogP contribution in [0.4, 0.5) is 14.5 Å². The Hall–Kier alpha value is -3.06. The molecule has 1 fully saturated rings. The molecule has 0 saturated carbocycles. The van der Waals surface area contributed by atoms with Gasteiger partial charge in [0.2, 0.25) is 0 Å². The lowest BCUT2D eigenvalue weighted by molar-refractivity contribution is -0.121. The van der Waals surface area contributed by atoms with E-state index in [0.717, 1.165) is 28.2 Å². The molecule has 2 aromatic rings. The van der Waals surface area contributed by atoms with E-state index < -0.39 is 23.4 Å². The molecule has 2 atom stereocenters. The first-order chi connectivity index (χ1) is 14.7. The maximum absolute atomic E-state index is 14.6. The maximum Gasteiger partial charge on any atom is 0.282 e. The number of nitrogens with zero attached hydrogens (tertiary/aromatic N) is 2. The molecular weight excluding hydrogens is 402 g/mol. The van der Waals surface area contributed by atoms with Gasteiger partial charge < -0.3 is 9.64 Å². The van der Waals surface area contributed by atoms with E-state index in [9.17, 15) is 18.4 Å². The molecule has 2 aliphatic rings. The predicted octanol–water partition coefficient (Wildman–Crippen LogP) is 3.98. The van der Waals surface area contributed by atoms with Gasteiger partial charge >= 0.3 is 0 Å². The number of anilines is 1. The normalized spacial score (nSPS) is 22.0. The third kappa shape index (κ3) is 3.74. The predicted molar refractivity (Wildman–Crippen MR) is 113 cm³/mol. The Morgan fingerprint density at radius 3 is 2.23 bits per heavy atom. The van der Waals surface area contributed by atoms with E-state index in [1.54, 1.807) is 0 Å². The molecule has 2 heterocycles. The summed E-state index contributed by atoms with van der Waals surface area (Å²) in [6, 6.07) is 8.44. The molecule has 0 aromatic heterocycles. The van der Waals surface area contributed by atoms with Gasteiger partial charge in [-0.25, -0.2) is 13.7 Å². The van der Waals surface area contributed by atoms with Crippen molar-refractivity contribution in [3.63, 3.8) is 0 Å². The highest BCUT2D eigenvalue weighted by Crippen LogP contribution is 2.38. The second kappa shape index (κ2) is 7.89. The standard InChI is InChI=1S/C24H24F2N2O3/c1-13-5-7-18(14(2)9-13)21-22(27-11-15(3)31-16(4)12-27)24(30)28(23(21)29)20-8-6-17(25)10-19(20)26/h5-10,15-16H,11-12H2,1-4H3. The summed E-state index contributed by atoms with van der Waals surface area (Å²) >= 11 is 0. The first-order valence-corrected chi connectivity index (χ1v) is 10.2. The van der Waals surface area contributed by atoms with Gasteiger partial charge in [0.25, 0.3) is 11.8 Å². The second-order valence-corrected chi connectivity index (χ2v) is 8.25. The minimum absolute atomic E-state index is 0.142. The first kappa shape index (κ1) is 21.2. The molecule has 7 heteroatoms. The molecular formula is C24H24F2N2O3. The van der Waals surface area contributed by atoms with Gasteiger partial charge in [0.15, 0.2) is 0 Å². The smallest absolute Gasteiger partial charge is 0.282 e. The highest BCUT2D eigenvalue weighted by Gasteiger charge is 2.45. The van der Waals surface area contributed by atoms with Crippen molar-refractivity contribution in [1.82, 2.24) is 4.90 Å². The fourth-order valence-corrected chi connectivity index (χ4v) is 4.39. The van der Waals surface area contributed by atoms with Crippen molar-refractivity contribution in [3.05, 3.63) is 70.4 Å². The number of imide groups is 1. The minimum atomic E-state index is -0.966. The molecule has 2 amide bonds. The van der Waals surface area contributed by atoms with Gasteiger partial charge in [-0.3, -0.25) is 9.59 Å². The van der Waals surface area contributed by atoms with E-state index in [2.05, 4.69) is 0 Å². The molecule has 1 saturated heterocycles. The summed E-state index contributed by atoms with van der Waals surface area (Å²) < 4.78 is 33.8. The van der Waals surface area contributed by atoms with Crippen molar-refractivity contribution in [2.45, 2.75) is 39.9 Å². The number of ether oxygens (including phenoxy) is 1. The third-order valence-corrected chi connectivity index (χ3v) is 5.60. The van der Waals surface area contributed by atoms with Crippen LogP contribution < -0.4 is 4.90 Å². The van der Waals surface area contributed by atoms with Crippen LogP contribution in [0.2, 0.25) is 0 Å². The minimum Gasteiger partial charge on any atom is -0.372 e. The summed E-state index contributed by atoms with van der Waals surface area (Å²) in [7, 11) is 0. The molecule has 0 radical (unpaired) electrons. The Bertz CT molecular complexity index is 1100. The average Bonchev–Trinajstić information content (AvgIpc) is 2.92. The zero-order chi connectivity index (χ0) is 22.4. The van der Waals surface area contributed by atoms with E-state index in [1.165, 1.54) is 0 Å². The van der Waals surface area contributed by atoms with Crippen LogP contribution in [0.3, 0.4) is 0 Å². The van der Waals surface area contributed by atoms with Crippen molar-refractivity contribution >= 4 is 23.1 Å². The van der Waals surface area contributed by atoms with Crippen molar-refractivity contribution in [2.75, 3.05) is 18.0 Å². The van der Waals surface area contributed by atoms with E-state index in [-0.39, 0.29) is 29.2 Å². The Morgan fingerprint density at radius 1 is 0.935 bits per heavy atom. The SMILES string of the molecule is Cc1ccc(C2=C(N3CC(C)OC(C)C3)C(=O)N(c3ccc(F)cc3F)C2=O)c(C)c1. The van der Waals surface area contributed by atoms with Crippen molar-refractivity contribution in [2.24, 2.45) is 0 Å². The Morgan fingerprint density at radius 2 is 1.61 bits per heavy atom. The summed E-state index contributed by atoms with van der Waals surface area (Å²) in [4.78, 5) is 29.7. The molecule has 2 aromatic carbocycles. The largest absolute Gasteiger partial charge is 0.372 e. The molecule has 162 valence electrons. The number of carbonyl (C=O) groups excluding carboxylic acids is 2. The molecule has 0 N–H and O–H groups in total. The van der Waals surface area contributed by atoms with Crippen LogP contribution in [0, 0.1) is 25.5 Å². The summed E-state index contributed by atoms with van der Waals surface area (Å²) in [5.41, 5.74) is 2.67. The monoisotopic (exact) mass is 426 g/mol. The van der Waals surface area contributed by atoms with E-state index in [1.807, 2.05) is 50.8 Å². The van der Waals surface area contributed by atoms with Crippen LogP contribution in [-0.4, -0.2) is 42.0 Å². The van der Waals surface area contributed by atoms with Gasteiger partial charge in [0.1, 0.15) is 17.3 Å².